The average Bonchev–Trinajstić information content (AvgIpc) is 2.26. The fraction of sp³-hybridized carbons (Fsp3) is 0.667. The summed E-state index contributed by atoms with van der Waals surface area (Å²) in [6.45, 7) is 6.65. The number of hydrogen-bond acceptors (Lipinski definition) is 2. The smallest absolute Gasteiger partial charge is 0.0229 e. The van der Waals surface area contributed by atoms with Gasteiger partial charge in [-0.25, -0.2) is 0 Å². The molecule has 0 N–H and O–H groups in total. The molecule has 0 spiro atoms. The van der Waals surface area contributed by atoms with Gasteiger partial charge in [0.25, 0.3) is 0 Å². The molecule has 1 atom stereocenters. The van der Waals surface area contributed by atoms with E-state index >= 15 is 0 Å². The second kappa shape index (κ2) is 8.24. The lowest BCUT2D eigenvalue weighted by Crippen LogP contribution is -2.22. The van der Waals surface area contributed by atoms with Crippen molar-refractivity contribution < 1.29 is 0 Å². The van der Waals surface area contributed by atoms with Gasteiger partial charge in [-0.15, -0.1) is 0 Å². The zero-order valence-electron chi connectivity index (χ0n) is 11.5. The van der Waals surface area contributed by atoms with Gasteiger partial charge in [-0.2, -0.15) is 0 Å². The minimum absolute atomic E-state index is 0.505. The highest BCUT2D eigenvalue weighted by Crippen LogP contribution is 2.18. The van der Waals surface area contributed by atoms with Gasteiger partial charge in [0.1, 0.15) is 0 Å². The molecular formula is C15H26N2. The summed E-state index contributed by atoms with van der Waals surface area (Å²) in [6.07, 6.45) is 13.4. The third kappa shape index (κ3) is 6.42. The fourth-order valence-corrected chi connectivity index (χ4v) is 2.25. The van der Waals surface area contributed by atoms with Crippen LogP contribution in [0.25, 0.3) is 0 Å². The molecule has 2 nitrogen and oxygen atoms in total. The summed E-state index contributed by atoms with van der Waals surface area (Å²) in [5.74, 6) is 0.505. The van der Waals surface area contributed by atoms with Crippen LogP contribution in [0.5, 0.6) is 0 Å². The molecule has 96 valence electrons. The summed E-state index contributed by atoms with van der Waals surface area (Å²) in [5.41, 5.74) is 1.63. The summed E-state index contributed by atoms with van der Waals surface area (Å²) in [7, 11) is 2.23. The summed E-state index contributed by atoms with van der Waals surface area (Å²) in [5, 5.41) is 0. The summed E-state index contributed by atoms with van der Waals surface area (Å²) < 4.78 is 0. The number of allylic oxidation sites excluding steroid dienone is 3. The molecule has 0 saturated carbocycles. The van der Waals surface area contributed by atoms with E-state index in [-0.39, 0.29) is 0 Å². The number of hydrogen-bond donors (Lipinski definition) is 0. The van der Waals surface area contributed by atoms with Crippen LogP contribution >= 0.6 is 0 Å². The van der Waals surface area contributed by atoms with Crippen LogP contribution in [-0.2, 0) is 0 Å². The van der Waals surface area contributed by atoms with Gasteiger partial charge in [0.15, 0.2) is 0 Å². The van der Waals surface area contributed by atoms with Crippen LogP contribution in [0.4, 0.5) is 0 Å². The van der Waals surface area contributed by atoms with Gasteiger partial charge in [-0.05, 0) is 58.7 Å². The lowest BCUT2D eigenvalue weighted by Gasteiger charge is -2.21. The van der Waals surface area contributed by atoms with E-state index in [1.54, 1.807) is 5.57 Å². The van der Waals surface area contributed by atoms with Gasteiger partial charge >= 0.3 is 0 Å². The van der Waals surface area contributed by atoms with Crippen LogP contribution in [0.15, 0.2) is 28.9 Å². The van der Waals surface area contributed by atoms with Crippen molar-refractivity contribution in [2.45, 2.75) is 39.5 Å². The third-order valence-corrected chi connectivity index (χ3v) is 3.20. The molecule has 2 heteroatoms. The van der Waals surface area contributed by atoms with E-state index in [1.165, 1.54) is 38.8 Å². The van der Waals surface area contributed by atoms with Gasteiger partial charge in [-0.3, -0.25) is 4.99 Å². The first-order chi connectivity index (χ1) is 8.22. The van der Waals surface area contributed by atoms with E-state index in [0.717, 1.165) is 0 Å². The zero-order valence-corrected chi connectivity index (χ0v) is 11.5. The Morgan fingerprint density at radius 1 is 1.24 bits per heavy atom. The maximum absolute atomic E-state index is 4.11. The van der Waals surface area contributed by atoms with Crippen LogP contribution in [0.3, 0.4) is 0 Å². The Hall–Kier alpha value is -0.890. The molecule has 0 aromatic heterocycles. The maximum atomic E-state index is 4.11. The van der Waals surface area contributed by atoms with E-state index in [2.05, 4.69) is 36.0 Å². The van der Waals surface area contributed by atoms with Gasteiger partial charge in [0, 0.05) is 12.4 Å². The minimum Gasteiger partial charge on any atom is -0.306 e. The first-order valence-corrected chi connectivity index (χ1v) is 6.75. The van der Waals surface area contributed by atoms with Gasteiger partial charge < -0.3 is 4.90 Å². The zero-order chi connectivity index (χ0) is 12.5. The number of nitrogens with zero attached hydrogens (tertiary/aromatic N) is 2. The molecule has 0 aliphatic carbocycles. The molecule has 0 aromatic rings. The van der Waals surface area contributed by atoms with Crippen molar-refractivity contribution in [3.8, 4) is 0 Å². The lowest BCUT2D eigenvalue weighted by atomic mass is 9.98. The van der Waals surface area contributed by atoms with Crippen LogP contribution in [0.1, 0.15) is 39.5 Å². The Labute approximate surface area is 106 Å². The highest BCUT2D eigenvalue weighted by molar-refractivity contribution is 5.54. The van der Waals surface area contributed by atoms with Gasteiger partial charge in [0.05, 0.1) is 0 Å². The first kappa shape index (κ1) is 14.2. The molecule has 1 fully saturated rings. The topological polar surface area (TPSA) is 15.6 Å². The van der Waals surface area contributed by atoms with Crippen molar-refractivity contribution in [2.75, 3.05) is 20.1 Å². The van der Waals surface area contributed by atoms with E-state index < -0.39 is 0 Å². The third-order valence-electron chi connectivity index (χ3n) is 3.20. The van der Waals surface area contributed by atoms with Crippen molar-refractivity contribution in [1.82, 2.24) is 4.90 Å². The lowest BCUT2D eigenvalue weighted by molar-refractivity contribution is 0.313. The summed E-state index contributed by atoms with van der Waals surface area (Å²) >= 11 is 0. The molecule has 1 heterocycles. The monoisotopic (exact) mass is 234 g/mol. The standard InChI is InChI=1S/C15H26N2/c1-4-16-10-9-14(2)13-15-7-5-11-17(3)12-6-8-15/h4,9-10,13-14H,5-8,11-12H2,1-3H3/b10-9-,16-4?. The van der Waals surface area contributed by atoms with E-state index in [4.69, 9.17) is 0 Å². The van der Waals surface area contributed by atoms with Gasteiger partial charge in [0.2, 0.25) is 0 Å². The predicted molar refractivity (Wildman–Crippen MR) is 76.5 cm³/mol. The highest BCUT2D eigenvalue weighted by atomic mass is 15.1. The molecule has 0 bridgehead atoms. The van der Waals surface area contributed by atoms with Crippen LogP contribution in [-0.4, -0.2) is 31.3 Å². The molecule has 0 aromatic carbocycles. The van der Waals surface area contributed by atoms with Gasteiger partial charge in [-0.1, -0.05) is 24.6 Å². The fourth-order valence-electron chi connectivity index (χ4n) is 2.25. The first-order valence-electron chi connectivity index (χ1n) is 6.75. The van der Waals surface area contributed by atoms with Crippen molar-refractivity contribution in [1.29, 1.82) is 0 Å². The molecule has 0 radical (unpaired) electrons. The molecule has 17 heavy (non-hydrogen) atoms. The SMILES string of the molecule is CC=N/C=C\C(C)C=C1CCCN(C)CCC1. The minimum atomic E-state index is 0.505. The average molecular weight is 234 g/mol. The highest BCUT2D eigenvalue weighted by Gasteiger charge is 2.07. The molecule has 1 aliphatic heterocycles. The van der Waals surface area contributed by atoms with E-state index in [9.17, 15) is 0 Å². The van der Waals surface area contributed by atoms with E-state index in [0.29, 0.717) is 5.92 Å². The largest absolute Gasteiger partial charge is 0.306 e. The molecule has 1 saturated heterocycles. The Kier molecular flexibility index (Phi) is 6.87. The van der Waals surface area contributed by atoms with Crippen LogP contribution < -0.4 is 0 Å². The van der Waals surface area contributed by atoms with Crippen LogP contribution in [0, 0.1) is 5.92 Å². The normalized spacial score (nSPS) is 21.7. The number of rotatable bonds is 3. The van der Waals surface area contributed by atoms with Crippen LogP contribution in [0.2, 0.25) is 0 Å². The summed E-state index contributed by atoms with van der Waals surface area (Å²) in [4.78, 5) is 6.55. The second-order valence-electron chi connectivity index (χ2n) is 4.94. The number of likely N-dealkylation sites (tertiary alicyclic amines) is 1. The quantitative estimate of drug-likeness (QED) is 0.537. The molecule has 1 unspecified atom stereocenters. The van der Waals surface area contributed by atoms with Crippen molar-refractivity contribution in [2.24, 2.45) is 10.9 Å². The Morgan fingerprint density at radius 2 is 1.88 bits per heavy atom. The Balaban J connectivity index is 2.46. The van der Waals surface area contributed by atoms with E-state index in [1.807, 2.05) is 19.3 Å². The predicted octanol–water partition coefficient (Wildman–Crippen LogP) is 3.66. The molecular weight excluding hydrogens is 208 g/mol. The van der Waals surface area contributed by atoms with Crippen molar-refractivity contribution in [3.05, 3.63) is 23.9 Å². The molecule has 0 amide bonds. The Morgan fingerprint density at radius 3 is 2.47 bits per heavy atom. The van der Waals surface area contributed by atoms with Crippen molar-refractivity contribution in [3.63, 3.8) is 0 Å². The maximum Gasteiger partial charge on any atom is 0.0229 e. The number of aliphatic imine (C=N–C) groups is 1. The molecule has 1 rings (SSSR count). The Bertz CT molecular complexity index is 277. The second-order valence-corrected chi connectivity index (χ2v) is 4.94. The summed E-state index contributed by atoms with van der Waals surface area (Å²) in [6, 6.07) is 0. The van der Waals surface area contributed by atoms with Crippen molar-refractivity contribution >= 4 is 6.21 Å². The molecule has 1 aliphatic rings.